The number of carbonyl (C=O) groups excluding carboxylic acids is 4. The molecule has 2 aliphatic rings. The molecule has 0 spiro atoms. The van der Waals surface area contributed by atoms with E-state index in [9.17, 15) is 19.2 Å². The van der Waals surface area contributed by atoms with E-state index in [0.717, 1.165) is 81.0 Å². The molecule has 4 amide bonds. The van der Waals surface area contributed by atoms with E-state index < -0.39 is 24.3 Å². The van der Waals surface area contributed by atoms with Gasteiger partial charge in [-0.1, -0.05) is 26.0 Å². The average Bonchev–Trinajstić information content (AvgIpc) is 4.00. The van der Waals surface area contributed by atoms with E-state index >= 15 is 0 Å². The molecule has 5 heterocycles. The predicted octanol–water partition coefficient (Wildman–Crippen LogP) is 6.29. The SMILES string of the molecule is COC(=O)N[C@@H](C)C(=O)N1CCC[C@H]1c1nc2cc(-c3ccsc3-c3ccc4[nH]c([C@@H]5CCCN5C(=O)[C@@H](NC(=O)OC)C(C)C)nc4c3)ccc2[nH]1. The van der Waals surface area contributed by atoms with E-state index in [2.05, 4.69) is 61.1 Å². The molecule has 2 aromatic carbocycles. The van der Waals surface area contributed by atoms with Crippen LogP contribution in [0.1, 0.15) is 70.2 Å². The van der Waals surface area contributed by atoms with Gasteiger partial charge in [0.05, 0.1) is 48.4 Å². The molecule has 0 saturated carbocycles. The van der Waals surface area contributed by atoms with E-state index in [1.807, 2.05) is 30.9 Å². The van der Waals surface area contributed by atoms with Crippen molar-refractivity contribution in [3.63, 3.8) is 0 Å². The zero-order valence-corrected chi connectivity index (χ0v) is 31.2. The standard InChI is InChI=1S/C38H44N8O6S/c1-20(2)31(44-38(50)52-5)36(48)46-16-7-9-30(46)34-41-26-13-11-23(19-28(26)43-34)32-24(14-17-53-32)22-10-12-25-27(18-22)42-33(40-25)29-8-6-15-45(29)35(47)21(3)39-37(49)51-4/h10-14,17-21,29-31H,6-9,15-16H2,1-5H3,(H,39,49)(H,40,42)(H,41,43)(H,44,50)/t21-,29-,30-,31-/m0/s1. The third kappa shape index (κ3) is 7.04. The van der Waals surface area contributed by atoms with E-state index in [1.165, 1.54) is 14.2 Å². The monoisotopic (exact) mass is 740 g/mol. The van der Waals surface area contributed by atoms with Crippen LogP contribution in [0.25, 0.3) is 43.6 Å². The molecule has 0 aliphatic carbocycles. The number of fused-ring (bicyclic) bond motifs is 2. The summed E-state index contributed by atoms with van der Waals surface area (Å²) in [6.45, 7) is 6.63. The van der Waals surface area contributed by atoms with Gasteiger partial charge in [-0.05, 0) is 85.4 Å². The van der Waals surface area contributed by atoms with Crippen molar-refractivity contribution < 1.29 is 28.7 Å². The van der Waals surface area contributed by atoms with Crippen molar-refractivity contribution in [2.24, 2.45) is 5.92 Å². The summed E-state index contributed by atoms with van der Waals surface area (Å²) < 4.78 is 9.44. The number of amides is 4. The molecule has 0 unspecified atom stereocenters. The van der Waals surface area contributed by atoms with Crippen molar-refractivity contribution in [1.29, 1.82) is 0 Å². The van der Waals surface area contributed by atoms with Crippen molar-refractivity contribution >= 4 is 57.4 Å². The Bertz CT molecular complexity index is 2170. The molecule has 15 heteroatoms. The van der Waals surface area contributed by atoms with Crippen LogP contribution in [0.2, 0.25) is 0 Å². The van der Waals surface area contributed by atoms with Gasteiger partial charge in [-0.2, -0.15) is 0 Å². The molecule has 2 fully saturated rings. The highest BCUT2D eigenvalue weighted by molar-refractivity contribution is 7.14. The minimum atomic E-state index is -0.718. The Balaban J connectivity index is 1.12. The smallest absolute Gasteiger partial charge is 0.407 e. The van der Waals surface area contributed by atoms with Crippen LogP contribution in [0.15, 0.2) is 47.8 Å². The lowest BCUT2D eigenvalue weighted by molar-refractivity contribution is -0.135. The summed E-state index contributed by atoms with van der Waals surface area (Å²) in [6, 6.07) is 12.6. The second-order valence-corrected chi connectivity index (χ2v) is 14.9. The third-order valence-electron chi connectivity index (χ3n) is 10.2. The number of benzene rings is 2. The summed E-state index contributed by atoms with van der Waals surface area (Å²) in [5, 5.41) is 7.35. The minimum absolute atomic E-state index is 0.114. The molecule has 7 rings (SSSR count). The number of alkyl carbamates (subject to hydrolysis) is 2. The largest absolute Gasteiger partial charge is 0.453 e. The van der Waals surface area contributed by atoms with E-state index in [1.54, 1.807) is 23.2 Å². The number of thiophene rings is 1. The topological polar surface area (TPSA) is 175 Å². The van der Waals surface area contributed by atoms with Crippen molar-refractivity contribution in [2.75, 3.05) is 27.3 Å². The van der Waals surface area contributed by atoms with Gasteiger partial charge >= 0.3 is 12.2 Å². The highest BCUT2D eigenvalue weighted by atomic mass is 32.1. The summed E-state index contributed by atoms with van der Waals surface area (Å²) in [7, 11) is 2.56. The lowest BCUT2D eigenvalue weighted by Gasteiger charge is -2.29. The molecule has 0 radical (unpaired) electrons. The van der Waals surface area contributed by atoms with Crippen LogP contribution in [-0.2, 0) is 19.1 Å². The van der Waals surface area contributed by atoms with Crippen molar-refractivity contribution in [1.82, 2.24) is 40.4 Å². The first-order valence-corrected chi connectivity index (χ1v) is 18.8. The third-order valence-corrected chi connectivity index (χ3v) is 11.2. The number of aromatic amines is 2. The first kappa shape index (κ1) is 35.9. The summed E-state index contributed by atoms with van der Waals surface area (Å²) >= 11 is 1.65. The first-order valence-electron chi connectivity index (χ1n) is 17.9. The summed E-state index contributed by atoms with van der Waals surface area (Å²) in [4.78, 5) is 72.1. The van der Waals surface area contributed by atoms with Crippen LogP contribution in [-0.4, -0.2) is 93.1 Å². The highest BCUT2D eigenvalue weighted by Crippen LogP contribution is 2.40. The van der Waals surface area contributed by atoms with Crippen LogP contribution >= 0.6 is 11.3 Å². The highest BCUT2D eigenvalue weighted by Gasteiger charge is 2.38. The Kier molecular flexibility index (Phi) is 10.1. The predicted molar refractivity (Wildman–Crippen MR) is 201 cm³/mol. The Morgan fingerprint density at radius 1 is 0.774 bits per heavy atom. The number of likely N-dealkylation sites (tertiary alicyclic amines) is 2. The fraction of sp³-hybridized carbons (Fsp3) is 0.421. The number of aromatic nitrogens is 4. The van der Waals surface area contributed by atoms with Gasteiger partial charge in [0.1, 0.15) is 23.7 Å². The fourth-order valence-corrected chi connectivity index (χ4v) is 8.41. The number of rotatable bonds is 9. The van der Waals surface area contributed by atoms with Crippen molar-refractivity contribution in [3.05, 3.63) is 59.5 Å². The molecule has 278 valence electrons. The molecule has 2 aliphatic heterocycles. The summed E-state index contributed by atoms with van der Waals surface area (Å²) in [5.41, 5.74) is 6.50. The molecule has 4 atom stereocenters. The number of methoxy groups -OCH3 is 2. The molecule has 2 saturated heterocycles. The zero-order chi connectivity index (χ0) is 37.4. The quantitative estimate of drug-likeness (QED) is 0.137. The Hall–Kier alpha value is -5.44. The van der Waals surface area contributed by atoms with Gasteiger partial charge in [-0.25, -0.2) is 19.6 Å². The molecule has 53 heavy (non-hydrogen) atoms. The average molecular weight is 741 g/mol. The van der Waals surface area contributed by atoms with Gasteiger partial charge in [0, 0.05) is 23.5 Å². The van der Waals surface area contributed by atoms with E-state index in [-0.39, 0.29) is 29.8 Å². The van der Waals surface area contributed by atoms with Crippen molar-refractivity contribution in [3.8, 4) is 21.6 Å². The lowest BCUT2D eigenvalue weighted by atomic mass is 10.0. The number of nitrogens with zero attached hydrogens (tertiary/aromatic N) is 4. The van der Waals surface area contributed by atoms with Crippen molar-refractivity contribution in [2.45, 2.75) is 70.6 Å². The molecular formula is C38H44N8O6S. The lowest BCUT2D eigenvalue weighted by Crippen LogP contribution is -2.51. The van der Waals surface area contributed by atoms with Gasteiger partial charge in [-0.3, -0.25) is 9.59 Å². The summed E-state index contributed by atoms with van der Waals surface area (Å²) in [5.74, 6) is 1.02. The minimum Gasteiger partial charge on any atom is -0.453 e. The fourth-order valence-electron chi connectivity index (χ4n) is 7.49. The van der Waals surface area contributed by atoms with Gasteiger partial charge in [0.15, 0.2) is 0 Å². The Morgan fingerprint density at radius 3 is 1.91 bits per heavy atom. The van der Waals surface area contributed by atoms with Gasteiger partial charge < -0.3 is 39.9 Å². The maximum absolute atomic E-state index is 13.7. The molecule has 3 aromatic heterocycles. The number of imidazole rings is 2. The van der Waals surface area contributed by atoms with E-state index in [4.69, 9.17) is 14.7 Å². The molecule has 4 N–H and O–H groups in total. The van der Waals surface area contributed by atoms with Crippen LogP contribution in [0.4, 0.5) is 9.59 Å². The van der Waals surface area contributed by atoms with Crippen LogP contribution in [0.5, 0.6) is 0 Å². The van der Waals surface area contributed by atoms with Crippen LogP contribution in [0, 0.1) is 5.92 Å². The normalized spacial score (nSPS) is 18.5. The number of hydrogen-bond acceptors (Lipinski definition) is 9. The number of carbonyl (C=O) groups is 4. The van der Waals surface area contributed by atoms with Crippen LogP contribution < -0.4 is 10.6 Å². The maximum atomic E-state index is 13.7. The number of ether oxygens (including phenoxy) is 2. The zero-order valence-electron chi connectivity index (χ0n) is 30.4. The number of nitrogens with one attached hydrogen (secondary N) is 4. The molecule has 0 bridgehead atoms. The Morgan fingerprint density at radius 2 is 1.32 bits per heavy atom. The molecular weight excluding hydrogens is 697 g/mol. The second-order valence-electron chi connectivity index (χ2n) is 14.0. The number of hydrogen-bond donors (Lipinski definition) is 4. The Labute approximate surface area is 310 Å². The second kappa shape index (κ2) is 14.9. The molecule has 14 nitrogen and oxygen atoms in total. The van der Waals surface area contributed by atoms with Gasteiger partial charge in [0.25, 0.3) is 0 Å². The van der Waals surface area contributed by atoms with Crippen LogP contribution in [0.3, 0.4) is 0 Å². The first-order chi connectivity index (χ1) is 25.6. The van der Waals surface area contributed by atoms with E-state index in [0.29, 0.717) is 13.1 Å². The maximum Gasteiger partial charge on any atom is 0.407 e. The molecule has 5 aromatic rings. The summed E-state index contributed by atoms with van der Waals surface area (Å²) in [6.07, 6.45) is 1.96. The van der Waals surface area contributed by atoms with Gasteiger partial charge in [-0.15, -0.1) is 11.3 Å². The van der Waals surface area contributed by atoms with Gasteiger partial charge in [0.2, 0.25) is 11.8 Å². The number of H-pyrrole nitrogens is 2.